The Hall–Kier alpha value is -1.56. The lowest BCUT2D eigenvalue weighted by Gasteiger charge is -2.27. The first-order chi connectivity index (χ1) is 12.2. The van der Waals surface area contributed by atoms with Crippen molar-refractivity contribution in [1.82, 2.24) is 5.32 Å². The fraction of sp³-hybridized carbons (Fsp3) is 0.810. The van der Waals surface area contributed by atoms with Crippen LogP contribution in [0.3, 0.4) is 0 Å². The van der Waals surface area contributed by atoms with Gasteiger partial charge in [0.05, 0.1) is 26.8 Å². The van der Waals surface area contributed by atoms with Crippen molar-refractivity contribution in [2.45, 2.75) is 66.3 Å². The molecule has 0 aromatic carbocycles. The number of ketones is 1. The summed E-state index contributed by atoms with van der Waals surface area (Å²) < 4.78 is 1.71. The van der Waals surface area contributed by atoms with Crippen LogP contribution in [-0.4, -0.2) is 61.2 Å². The van der Waals surface area contributed by atoms with Crippen molar-refractivity contribution < 1.29 is 18.8 Å². The second-order valence-corrected chi connectivity index (χ2v) is 9.25. The fourth-order valence-corrected chi connectivity index (χ4v) is 2.66. The summed E-state index contributed by atoms with van der Waals surface area (Å²) in [6.07, 6.45) is 3.29. The molecule has 27 heavy (non-hydrogen) atoms. The first-order valence-electron chi connectivity index (χ1n) is 10.0. The Morgan fingerprint density at radius 3 is 2.19 bits per heavy atom. The van der Waals surface area contributed by atoms with E-state index >= 15 is 0 Å². The molecular formula is C21H41N3O3+2. The summed E-state index contributed by atoms with van der Waals surface area (Å²) in [5.41, 5.74) is 0.474. The van der Waals surface area contributed by atoms with Crippen molar-refractivity contribution in [1.29, 1.82) is 0 Å². The third-order valence-electron chi connectivity index (χ3n) is 5.08. The topological polar surface area (TPSA) is 66.2 Å². The van der Waals surface area contributed by atoms with Gasteiger partial charge in [0.25, 0.3) is 6.04 Å². The third kappa shape index (κ3) is 9.27. The summed E-state index contributed by atoms with van der Waals surface area (Å²) in [6, 6.07) is -0.333. The van der Waals surface area contributed by atoms with E-state index in [4.69, 9.17) is 0 Å². The smallest absolute Gasteiger partial charge is 0.259 e. The zero-order valence-corrected chi connectivity index (χ0v) is 18.7. The summed E-state index contributed by atoms with van der Waals surface area (Å²) >= 11 is 0. The predicted octanol–water partition coefficient (Wildman–Crippen LogP) is 3.30. The van der Waals surface area contributed by atoms with E-state index in [2.05, 4.69) is 33.0 Å². The van der Waals surface area contributed by atoms with E-state index in [0.717, 1.165) is 47.2 Å². The molecule has 0 aromatic rings. The average Bonchev–Trinajstić information content (AvgIpc) is 2.98. The second-order valence-electron chi connectivity index (χ2n) is 9.25. The summed E-state index contributed by atoms with van der Waals surface area (Å²) in [5, 5.41) is 2.88. The third-order valence-corrected chi connectivity index (χ3v) is 5.08. The zero-order chi connectivity index (χ0) is 21.4. The normalized spacial score (nSPS) is 18.4. The maximum absolute atomic E-state index is 11.8. The highest BCUT2D eigenvalue weighted by molar-refractivity contribution is 5.85. The van der Waals surface area contributed by atoms with E-state index in [-0.39, 0.29) is 29.1 Å². The summed E-state index contributed by atoms with van der Waals surface area (Å²) in [6.45, 7) is 15.0. The minimum atomic E-state index is -0.333. The number of Topliss-reactive ketones (excluding diaryl/α,β-unsaturated/α-hetero) is 1. The SMILES string of the molecule is C=C(C[N+](C)(C)C)NC(=O)C(C)(C)CC.CCC(C)C(=O)C1CCC[N+]1=O. The molecule has 1 aliphatic heterocycles. The van der Waals surface area contributed by atoms with Gasteiger partial charge in [-0.15, -0.1) is 0 Å². The number of hydrogen-bond acceptors (Lipinski definition) is 3. The Morgan fingerprint density at radius 2 is 1.81 bits per heavy atom. The molecule has 6 nitrogen and oxygen atoms in total. The van der Waals surface area contributed by atoms with Gasteiger partial charge < -0.3 is 9.80 Å². The van der Waals surface area contributed by atoms with E-state index in [9.17, 15) is 14.5 Å². The first-order valence-corrected chi connectivity index (χ1v) is 10.0. The molecule has 1 rings (SSSR count). The molecule has 1 saturated heterocycles. The highest BCUT2D eigenvalue weighted by Gasteiger charge is 2.39. The molecule has 1 aliphatic rings. The molecule has 1 N–H and O–H groups in total. The number of nitrogens with one attached hydrogen (secondary N) is 1. The lowest BCUT2D eigenvalue weighted by atomic mass is 9.89. The highest BCUT2D eigenvalue weighted by Crippen LogP contribution is 2.20. The monoisotopic (exact) mass is 383 g/mol. The van der Waals surface area contributed by atoms with Crippen molar-refractivity contribution >= 4 is 11.7 Å². The molecule has 0 spiro atoms. The minimum absolute atomic E-state index is 0.0459. The van der Waals surface area contributed by atoms with Crippen LogP contribution in [0.1, 0.15) is 60.3 Å². The summed E-state index contributed by atoms with van der Waals surface area (Å²) in [4.78, 5) is 34.5. The second kappa shape index (κ2) is 10.7. The van der Waals surface area contributed by atoms with E-state index in [1.807, 2.05) is 34.6 Å². The summed E-state index contributed by atoms with van der Waals surface area (Å²) in [5.74, 6) is 0.234. The van der Waals surface area contributed by atoms with E-state index in [1.165, 1.54) is 0 Å². The Bertz CT molecular complexity index is 547. The zero-order valence-electron chi connectivity index (χ0n) is 18.7. The molecule has 0 bridgehead atoms. The van der Waals surface area contributed by atoms with Crippen LogP contribution in [0.5, 0.6) is 0 Å². The number of carbonyl (C=O) groups excluding carboxylic acids is 2. The number of hydrogen-bond donors (Lipinski definition) is 1. The molecule has 0 aromatic heterocycles. The number of amides is 1. The molecule has 0 aliphatic carbocycles. The highest BCUT2D eigenvalue weighted by atomic mass is 16.3. The quantitative estimate of drug-likeness (QED) is 0.516. The van der Waals surface area contributed by atoms with Gasteiger partial charge in [-0.3, -0.25) is 9.59 Å². The molecule has 156 valence electrons. The van der Waals surface area contributed by atoms with E-state index < -0.39 is 0 Å². The maximum atomic E-state index is 11.8. The molecule has 1 heterocycles. The van der Waals surface area contributed by atoms with Crippen LogP contribution in [0, 0.1) is 16.2 Å². The fourth-order valence-electron chi connectivity index (χ4n) is 2.66. The largest absolute Gasteiger partial charge is 0.326 e. The van der Waals surface area contributed by atoms with Gasteiger partial charge in [-0.05, 0) is 12.8 Å². The molecule has 0 saturated carbocycles. The van der Waals surface area contributed by atoms with Crippen LogP contribution in [-0.2, 0) is 9.59 Å². The molecule has 1 amide bonds. The standard InChI is InChI=1S/C12H24N2O.C9H16NO2/c1-8-12(3,4)11(15)13-10(2)9-14(5,6)7;1-3-7(2)9(11)8-5-4-6-10(8)12/h2,8-9H2,1,3-7H3;7-8H,3-6H2,1-2H3/q;+1/p+1. The van der Waals surface area contributed by atoms with Crippen LogP contribution in [0.4, 0.5) is 0 Å². The van der Waals surface area contributed by atoms with Crippen molar-refractivity contribution in [3.05, 3.63) is 17.2 Å². The molecule has 1 fully saturated rings. The van der Waals surface area contributed by atoms with Crippen molar-refractivity contribution in [3.8, 4) is 0 Å². The average molecular weight is 384 g/mol. The summed E-state index contributed by atoms with van der Waals surface area (Å²) in [7, 11) is 6.22. The number of quaternary nitrogens is 1. The predicted molar refractivity (Wildman–Crippen MR) is 110 cm³/mol. The van der Waals surface area contributed by atoms with Gasteiger partial charge in [0, 0.05) is 33.8 Å². The first kappa shape index (κ1) is 25.4. The Balaban J connectivity index is 0.000000511. The van der Waals surface area contributed by atoms with Crippen molar-refractivity contribution in [2.75, 3.05) is 34.2 Å². The van der Waals surface area contributed by atoms with Gasteiger partial charge in [0.1, 0.15) is 6.54 Å². The van der Waals surface area contributed by atoms with Crippen LogP contribution < -0.4 is 5.32 Å². The molecule has 6 heteroatoms. The molecule has 2 unspecified atom stereocenters. The van der Waals surface area contributed by atoms with Crippen LogP contribution >= 0.6 is 0 Å². The Morgan fingerprint density at radius 1 is 1.26 bits per heavy atom. The number of likely N-dealkylation sites (N-methyl/N-ethyl adjacent to an activating group) is 1. The number of carbonyl (C=O) groups is 2. The van der Waals surface area contributed by atoms with Gasteiger partial charge in [-0.25, -0.2) is 0 Å². The minimum Gasteiger partial charge on any atom is -0.326 e. The number of rotatable bonds is 8. The van der Waals surface area contributed by atoms with E-state index in [1.54, 1.807) is 0 Å². The Labute approximate surface area is 165 Å². The molecule has 2 atom stereocenters. The van der Waals surface area contributed by atoms with Gasteiger partial charge >= 0.3 is 0 Å². The van der Waals surface area contributed by atoms with Gasteiger partial charge in [0.2, 0.25) is 11.7 Å². The van der Waals surface area contributed by atoms with Gasteiger partial charge in [0.15, 0.2) is 6.54 Å². The lowest BCUT2D eigenvalue weighted by Crippen LogP contribution is -2.43. The van der Waals surface area contributed by atoms with Crippen molar-refractivity contribution in [2.24, 2.45) is 11.3 Å². The van der Waals surface area contributed by atoms with Crippen LogP contribution in [0.2, 0.25) is 0 Å². The van der Waals surface area contributed by atoms with E-state index in [0.29, 0.717) is 6.54 Å². The lowest BCUT2D eigenvalue weighted by molar-refractivity contribution is -0.865. The maximum Gasteiger partial charge on any atom is 0.259 e. The molecule has 0 radical (unpaired) electrons. The Kier molecular flexibility index (Phi) is 10.1. The van der Waals surface area contributed by atoms with Crippen molar-refractivity contribution in [3.63, 3.8) is 0 Å². The number of nitroso groups, excluding NO2 is 1. The van der Waals surface area contributed by atoms with Crippen LogP contribution in [0.25, 0.3) is 0 Å². The van der Waals surface area contributed by atoms with Gasteiger partial charge in [-0.1, -0.05) is 41.2 Å². The van der Waals surface area contributed by atoms with Gasteiger partial charge in [-0.2, -0.15) is 0 Å². The number of nitrogens with zero attached hydrogens (tertiary/aromatic N) is 2. The molecular weight excluding hydrogens is 342 g/mol. The van der Waals surface area contributed by atoms with Crippen LogP contribution in [0.15, 0.2) is 12.3 Å².